The molecule has 0 aliphatic rings. The maximum absolute atomic E-state index is 12.7. The first-order valence-corrected chi connectivity index (χ1v) is 8.50. The molecule has 0 aliphatic carbocycles. The molecule has 1 heterocycles. The molecule has 3 rings (SSSR count). The first-order valence-electron chi connectivity index (χ1n) is 8.50. The number of nitrogens with zero attached hydrogens (tertiary/aromatic N) is 2. The van der Waals surface area contributed by atoms with Crippen LogP contribution in [0.5, 0.6) is 5.88 Å². The maximum Gasteiger partial charge on any atom is 0.344 e. The van der Waals surface area contributed by atoms with Gasteiger partial charge >= 0.3 is 5.97 Å². The van der Waals surface area contributed by atoms with E-state index >= 15 is 0 Å². The van der Waals surface area contributed by atoms with E-state index in [0.29, 0.717) is 16.3 Å². The third kappa shape index (κ3) is 3.38. The Hall–Kier alpha value is -2.95. The van der Waals surface area contributed by atoms with Gasteiger partial charge in [0.05, 0.1) is 21.9 Å². The van der Waals surface area contributed by atoms with Crippen LogP contribution in [-0.4, -0.2) is 15.7 Å². The van der Waals surface area contributed by atoms with Gasteiger partial charge in [-0.1, -0.05) is 29.3 Å². The van der Waals surface area contributed by atoms with Crippen LogP contribution < -0.4 is 10.3 Å². The lowest BCUT2D eigenvalue weighted by Crippen LogP contribution is -2.36. The number of aromatic nitrogens is 2. The van der Waals surface area contributed by atoms with Gasteiger partial charge in [0.15, 0.2) is 0 Å². The third-order valence-corrected chi connectivity index (χ3v) is 4.05. The lowest BCUT2D eigenvalue weighted by atomic mass is 10.1. The quantitative estimate of drug-likeness (QED) is 0.656. The molecular formula is C21H22N2O3. The Labute approximate surface area is 152 Å². The summed E-state index contributed by atoms with van der Waals surface area (Å²) >= 11 is 0. The lowest BCUT2D eigenvalue weighted by Gasteiger charge is -2.22. The number of carbonyl (C=O) groups excluding carboxylic acids is 1. The predicted octanol–water partition coefficient (Wildman–Crippen LogP) is 3.99. The molecule has 5 nitrogen and oxygen atoms in total. The van der Waals surface area contributed by atoms with Gasteiger partial charge in [0.25, 0.3) is 5.56 Å². The fraction of sp³-hybridized carbons (Fsp3) is 0.286. The van der Waals surface area contributed by atoms with Crippen molar-refractivity contribution in [3.8, 4) is 5.88 Å². The van der Waals surface area contributed by atoms with Crippen molar-refractivity contribution in [2.75, 3.05) is 0 Å². The van der Waals surface area contributed by atoms with E-state index in [1.807, 2.05) is 40.7 Å². The summed E-state index contributed by atoms with van der Waals surface area (Å²) < 4.78 is 6.97. The number of benzene rings is 2. The van der Waals surface area contributed by atoms with Crippen LogP contribution in [0.3, 0.4) is 0 Å². The molecule has 0 unspecified atom stereocenters. The molecule has 0 atom stereocenters. The summed E-state index contributed by atoms with van der Waals surface area (Å²) in [5, 5.41) is 5.34. The molecule has 0 fully saturated rings. The van der Waals surface area contributed by atoms with Crippen LogP contribution in [0.4, 0.5) is 0 Å². The van der Waals surface area contributed by atoms with Crippen LogP contribution in [0.25, 0.3) is 10.8 Å². The fourth-order valence-corrected chi connectivity index (χ4v) is 2.93. The van der Waals surface area contributed by atoms with Gasteiger partial charge in [-0.15, -0.1) is 5.10 Å². The van der Waals surface area contributed by atoms with Crippen LogP contribution >= 0.6 is 0 Å². The van der Waals surface area contributed by atoms with Crippen molar-refractivity contribution in [3.63, 3.8) is 0 Å². The van der Waals surface area contributed by atoms with Gasteiger partial charge in [-0.2, -0.15) is 0 Å². The van der Waals surface area contributed by atoms with E-state index in [0.717, 1.165) is 11.1 Å². The second-order valence-corrected chi connectivity index (χ2v) is 7.50. The Bertz CT molecular complexity index is 1040. The first-order chi connectivity index (χ1) is 12.2. The van der Waals surface area contributed by atoms with Crippen molar-refractivity contribution in [2.45, 2.75) is 40.2 Å². The largest absolute Gasteiger partial charge is 0.402 e. The smallest absolute Gasteiger partial charge is 0.344 e. The Balaban J connectivity index is 2.14. The number of carbonyl (C=O) groups is 1. The normalized spacial score (nSPS) is 11.6. The van der Waals surface area contributed by atoms with Crippen molar-refractivity contribution in [1.82, 2.24) is 9.78 Å². The van der Waals surface area contributed by atoms with E-state index in [-0.39, 0.29) is 11.4 Å². The molecule has 2 aromatic carbocycles. The minimum absolute atomic E-state index is 0.138. The molecule has 0 spiro atoms. The summed E-state index contributed by atoms with van der Waals surface area (Å²) in [5.41, 5.74) is 1.67. The van der Waals surface area contributed by atoms with Crippen LogP contribution in [0.15, 0.2) is 47.3 Å². The Morgan fingerprint density at radius 3 is 2.15 bits per heavy atom. The Kier molecular flexibility index (Phi) is 4.40. The van der Waals surface area contributed by atoms with Crippen LogP contribution in [0.1, 0.15) is 42.3 Å². The standard InChI is InChI=1S/C21H22N2O3/c1-13-10-14(2)12-15(11-13)20(25)26-18-16-8-6-7-9-17(16)19(24)23(22-18)21(3,4)5/h6-12H,1-5H3. The van der Waals surface area contributed by atoms with Gasteiger partial charge in [0, 0.05) is 0 Å². The van der Waals surface area contributed by atoms with Crippen molar-refractivity contribution in [1.29, 1.82) is 0 Å². The van der Waals surface area contributed by atoms with E-state index in [1.165, 1.54) is 4.68 Å². The zero-order chi connectivity index (χ0) is 19.1. The van der Waals surface area contributed by atoms with Crippen molar-refractivity contribution >= 4 is 16.7 Å². The summed E-state index contributed by atoms with van der Waals surface area (Å²) in [5.74, 6) is -0.354. The average molecular weight is 350 g/mol. The number of aryl methyl sites for hydroxylation is 2. The highest BCUT2D eigenvalue weighted by atomic mass is 16.5. The van der Waals surface area contributed by atoms with Crippen LogP contribution in [0.2, 0.25) is 0 Å². The molecule has 3 aromatic rings. The molecular weight excluding hydrogens is 328 g/mol. The zero-order valence-corrected chi connectivity index (χ0v) is 15.7. The van der Waals surface area contributed by atoms with Gasteiger partial charge in [0.1, 0.15) is 0 Å². The van der Waals surface area contributed by atoms with E-state index < -0.39 is 11.5 Å². The summed E-state index contributed by atoms with van der Waals surface area (Å²) in [4.78, 5) is 25.4. The molecule has 0 amide bonds. The summed E-state index contributed by atoms with van der Waals surface area (Å²) in [6.07, 6.45) is 0. The number of esters is 1. The minimum atomic E-state index is -0.539. The van der Waals surface area contributed by atoms with Crippen LogP contribution in [0, 0.1) is 13.8 Å². The second-order valence-electron chi connectivity index (χ2n) is 7.50. The summed E-state index contributed by atoms with van der Waals surface area (Å²) in [7, 11) is 0. The second kappa shape index (κ2) is 6.41. The molecule has 0 bridgehead atoms. The highest BCUT2D eigenvalue weighted by Crippen LogP contribution is 2.23. The van der Waals surface area contributed by atoms with E-state index in [2.05, 4.69) is 5.10 Å². The molecule has 0 saturated heterocycles. The highest BCUT2D eigenvalue weighted by molar-refractivity contribution is 5.94. The summed E-state index contributed by atoms with van der Waals surface area (Å²) in [6.45, 7) is 9.50. The van der Waals surface area contributed by atoms with Crippen molar-refractivity contribution < 1.29 is 9.53 Å². The maximum atomic E-state index is 12.7. The van der Waals surface area contributed by atoms with Crippen molar-refractivity contribution in [3.05, 3.63) is 69.5 Å². The van der Waals surface area contributed by atoms with E-state index in [4.69, 9.17) is 4.74 Å². The van der Waals surface area contributed by atoms with E-state index in [9.17, 15) is 9.59 Å². The predicted molar refractivity (Wildman–Crippen MR) is 102 cm³/mol. The molecule has 1 aromatic heterocycles. The molecule has 5 heteroatoms. The fourth-order valence-electron chi connectivity index (χ4n) is 2.93. The SMILES string of the molecule is Cc1cc(C)cc(C(=O)Oc2nn(C(C)(C)C)c(=O)c3ccccc23)c1. The molecule has 26 heavy (non-hydrogen) atoms. The van der Waals surface area contributed by atoms with E-state index in [1.54, 1.807) is 36.4 Å². The highest BCUT2D eigenvalue weighted by Gasteiger charge is 2.22. The first kappa shape index (κ1) is 17.9. The molecule has 0 N–H and O–H groups in total. The number of ether oxygens (including phenoxy) is 1. The van der Waals surface area contributed by atoms with Gasteiger partial charge in [-0.05, 0) is 58.9 Å². The lowest BCUT2D eigenvalue weighted by molar-refractivity contribution is 0.0724. The number of hydrogen-bond acceptors (Lipinski definition) is 4. The molecule has 0 radical (unpaired) electrons. The third-order valence-electron chi connectivity index (χ3n) is 4.05. The monoisotopic (exact) mass is 350 g/mol. The molecule has 0 aliphatic heterocycles. The van der Waals surface area contributed by atoms with Crippen LogP contribution in [-0.2, 0) is 5.54 Å². The van der Waals surface area contributed by atoms with Gasteiger partial charge < -0.3 is 4.74 Å². The van der Waals surface area contributed by atoms with Gasteiger partial charge in [-0.3, -0.25) is 4.79 Å². The number of hydrogen-bond donors (Lipinski definition) is 0. The number of fused-ring (bicyclic) bond motifs is 1. The Morgan fingerprint density at radius 1 is 1.00 bits per heavy atom. The molecule has 0 saturated carbocycles. The van der Waals surface area contributed by atoms with Gasteiger partial charge in [-0.25, -0.2) is 9.48 Å². The average Bonchev–Trinajstić information content (AvgIpc) is 2.55. The minimum Gasteiger partial charge on any atom is -0.402 e. The zero-order valence-electron chi connectivity index (χ0n) is 15.7. The van der Waals surface area contributed by atoms with Crippen molar-refractivity contribution in [2.24, 2.45) is 0 Å². The summed E-state index contributed by atoms with van der Waals surface area (Å²) in [6, 6.07) is 12.6. The Morgan fingerprint density at radius 2 is 1.58 bits per heavy atom. The van der Waals surface area contributed by atoms with Gasteiger partial charge in [0.2, 0.25) is 5.88 Å². The topological polar surface area (TPSA) is 61.2 Å². The molecule has 134 valence electrons. The number of rotatable bonds is 2.